The van der Waals surface area contributed by atoms with Gasteiger partial charge in [0.2, 0.25) is 0 Å². The lowest BCUT2D eigenvalue weighted by molar-refractivity contribution is 0.0955. The number of carbonyl (C=O) groups excluding carboxylic acids is 2. The summed E-state index contributed by atoms with van der Waals surface area (Å²) in [6, 6.07) is 24.9. The largest absolute Gasteiger partial charge is 0.478 e. The minimum atomic E-state index is -0.435. The van der Waals surface area contributed by atoms with E-state index in [1.807, 2.05) is 66.7 Å². The zero-order chi connectivity index (χ0) is 25.2. The molecular formula is C28H24Cl2N2O3. The topological polar surface area (TPSA) is 81.4 Å². The number of amides is 1. The minimum absolute atomic E-state index is 0.122. The molecule has 0 aliphatic heterocycles. The fourth-order valence-corrected chi connectivity index (χ4v) is 4.74. The fraction of sp³-hybridized carbons (Fsp3) is 0.143. The van der Waals surface area contributed by atoms with Gasteiger partial charge in [-0.2, -0.15) is 0 Å². The monoisotopic (exact) mass is 506 g/mol. The fourth-order valence-electron chi connectivity index (χ4n) is 4.49. The highest BCUT2D eigenvalue weighted by Crippen LogP contribution is 2.49. The summed E-state index contributed by atoms with van der Waals surface area (Å²) in [6.45, 7) is 4.26. The molecule has 5 nitrogen and oxygen atoms in total. The summed E-state index contributed by atoms with van der Waals surface area (Å²) >= 11 is 11.2. The molecule has 0 radical (unpaired) electrons. The van der Waals surface area contributed by atoms with Crippen LogP contribution in [-0.2, 0) is 5.41 Å². The molecule has 0 bridgehead atoms. The molecule has 7 heteroatoms. The van der Waals surface area contributed by atoms with Crippen LogP contribution in [0.15, 0.2) is 78.9 Å². The van der Waals surface area contributed by atoms with E-state index in [1.54, 1.807) is 12.1 Å². The Hall–Kier alpha value is -3.38. The number of nitrogen functional groups attached to an aromatic ring is 1. The number of nitrogens with one attached hydrogen (secondary N) is 1. The molecule has 3 N–H and O–H groups in total. The second-order valence-corrected chi connectivity index (χ2v) is 9.18. The highest BCUT2D eigenvalue weighted by atomic mass is 35.5. The lowest BCUT2D eigenvalue weighted by Gasteiger charge is -2.22. The molecule has 0 unspecified atom stereocenters. The van der Waals surface area contributed by atoms with Crippen LogP contribution in [0, 0.1) is 0 Å². The van der Waals surface area contributed by atoms with Crippen molar-refractivity contribution in [1.29, 1.82) is 0 Å². The third kappa shape index (κ3) is 4.76. The van der Waals surface area contributed by atoms with Crippen LogP contribution < -0.4 is 16.0 Å². The molecule has 0 fully saturated rings. The molecular weight excluding hydrogens is 483 g/mol. The van der Waals surface area contributed by atoms with Gasteiger partial charge in [-0.05, 0) is 75.0 Å². The van der Waals surface area contributed by atoms with Crippen LogP contribution in [0.3, 0.4) is 0 Å². The highest BCUT2D eigenvalue weighted by Gasteiger charge is 2.36. The first-order valence-electron chi connectivity index (χ1n) is 10.9. The lowest BCUT2D eigenvalue weighted by Crippen LogP contribution is -2.30. The maximum Gasteiger partial charge on any atom is 0.265 e. The number of benzene rings is 4. The number of fused-ring (bicyclic) bond motifs is 4. The second-order valence-electron chi connectivity index (χ2n) is 8.62. The average Bonchev–Trinajstić information content (AvgIpc) is 3.09. The Labute approximate surface area is 213 Å². The van der Waals surface area contributed by atoms with Gasteiger partial charge in [0, 0.05) is 16.5 Å². The van der Waals surface area contributed by atoms with Crippen molar-refractivity contribution in [3.63, 3.8) is 0 Å². The summed E-state index contributed by atoms with van der Waals surface area (Å²) in [5, 5.41) is 1.52. The molecule has 0 saturated heterocycles. The third-order valence-electron chi connectivity index (χ3n) is 6.26. The van der Waals surface area contributed by atoms with Crippen molar-refractivity contribution in [2.75, 3.05) is 6.07 Å². The number of ether oxygens (including phenoxy) is 1. The van der Waals surface area contributed by atoms with E-state index in [0.29, 0.717) is 11.1 Å². The summed E-state index contributed by atoms with van der Waals surface area (Å²) in [7, 11) is 0. The van der Waals surface area contributed by atoms with Crippen LogP contribution in [0.5, 0.6) is 5.75 Å². The number of hydrazine groups is 1. The van der Waals surface area contributed by atoms with Crippen LogP contribution in [0.25, 0.3) is 21.9 Å². The molecule has 4 aromatic rings. The Kier molecular flexibility index (Phi) is 7.13. The average molecular weight is 507 g/mol. The lowest BCUT2D eigenvalue weighted by atomic mass is 9.82. The SMILES string of the molecule is CC1(C)c2cc(OCCl)ccc2-c2ccc(C(=O)Cl)cc21.NNC(=O)c1cccc2ccccc12. The Morgan fingerprint density at radius 2 is 1.57 bits per heavy atom. The second kappa shape index (κ2) is 10.1. The van der Waals surface area contributed by atoms with E-state index >= 15 is 0 Å². The van der Waals surface area contributed by atoms with E-state index in [9.17, 15) is 9.59 Å². The predicted molar refractivity (Wildman–Crippen MR) is 141 cm³/mol. The molecule has 1 aliphatic carbocycles. The summed E-state index contributed by atoms with van der Waals surface area (Å²) in [4.78, 5) is 22.8. The van der Waals surface area contributed by atoms with Gasteiger partial charge in [-0.3, -0.25) is 15.0 Å². The zero-order valence-electron chi connectivity index (χ0n) is 19.3. The van der Waals surface area contributed by atoms with Gasteiger partial charge in [0.15, 0.2) is 6.07 Å². The maximum atomic E-state index is 11.4. The smallest absolute Gasteiger partial charge is 0.265 e. The van der Waals surface area contributed by atoms with Gasteiger partial charge in [-0.15, -0.1) is 0 Å². The van der Waals surface area contributed by atoms with E-state index in [4.69, 9.17) is 33.8 Å². The number of alkyl halides is 1. The number of rotatable bonds is 4. The van der Waals surface area contributed by atoms with Crippen molar-refractivity contribution in [3.8, 4) is 16.9 Å². The Balaban J connectivity index is 0.000000179. The third-order valence-corrected chi connectivity index (χ3v) is 6.59. The number of nitrogens with two attached hydrogens (primary N) is 1. The molecule has 35 heavy (non-hydrogen) atoms. The number of halogens is 2. The predicted octanol–water partition coefficient (Wildman–Crippen LogP) is 6.39. The maximum absolute atomic E-state index is 11.4. The van der Waals surface area contributed by atoms with Crippen molar-refractivity contribution < 1.29 is 14.3 Å². The standard InChI is InChI=1S/C17H14Cl2O2.C11H10N2O/c1-17(2)14-7-10(16(19)20)3-5-12(14)13-6-4-11(21-9-18)8-15(13)17;12-13-11(14)10-7-3-5-8-4-1-2-6-9(8)10/h3-8H,9H2,1-2H3;1-7H,12H2,(H,13,14). The number of hydrogen-bond donors (Lipinski definition) is 2. The van der Waals surface area contributed by atoms with Gasteiger partial charge in [-0.1, -0.05) is 74.0 Å². The molecule has 1 aliphatic rings. The quantitative estimate of drug-likeness (QED) is 0.110. The van der Waals surface area contributed by atoms with E-state index in [1.165, 1.54) is 5.56 Å². The van der Waals surface area contributed by atoms with Crippen molar-refractivity contribution in [3.05, 3.63) is 101 Å². The van der Waals surface area contributed by atoms with Crippen LogP contribution in [0.4, 0.5) is 0 Å². The molecule has 0 heterocycles. The van der Waals surface area contributed by atoms with Gasteiger partial charge >= 0.3 is 0 Å². The highest BCUT2D eigenvalue weighted by molar-refractivity contribution is 6.67. The minimum Gasteiger partial charge on any atom is -0.478 e. The first-order chi connectivity index (χ1) is 16.8. The first kappa shape index (κ1) is 24.7. The van der Waals surface area contributed by atoms with Gasteiger partial charge in [0.05, 0.1) is 0 Å². The molecule has 0 atom stereocenters. The van der Waals surface area contributed by atoms with Crippen LogP contribution in [0.1, 0.15) is 45.7 Å². The van der Waals surface area contributed by atoms with Crippen LogP contribution in [-0.4, -0.2) is 17.2 Å². The number of hydrogen-bond acceptors (Lipinski definition) is 4. The number of carbonyl (C=O) groups is 2. The van der Waals surface area contributed by atoms with Crippen LogP contribution >= 0.6 is 23.2 Å². The van der Waals surface area contributed by atoms with E-state index in [2.05, 4.69) is 19.3 Å². The molecule has 0 aromatic heterocycles. The van der Waals surface area contributed by atoms with E-state index in [-0.39, 0.29) is 17.4 Å². The molecule has 0 spiro atoms. The van der Waals surface area contributed by atoms with Gasteiger partial charge in [-0.25, -0.2) is 5.84 Å². The molecule has 5 rings (SSSR count). The summed E-state index contributed by atoms with van der Waals surface area (Å²) < 4.78 is 5.38. The van der Waals surface area contributed by atoms with Crippen molar-refractivity contribution in [1.82, 2.24) is 5.43 Å². The molecule has 1 amide bonds. The Morgan fingerprint density at radius 1 is 0.914 bits per heavy atom. The summed E-state index contributed by atoms with van der Waals surface area (Å²) in [6.07, 6.45) is 0. The van der Waals surface area contributed by atoms with Gasteiger partial charge in [0.25, 0.3) is 11.1 Å². The van der Waals surface area contributed by atoms with E-state index in [0.717, 1.165) is 33.2 Å². The van der Waals surface area contributed by atoms with Crippen molar-refractivity contribution in [2.45, 2.75) is 19.3 Å². The zero-order valence-corrected chi connectivity index (χ0v) is 20.8. The molecule has 0 saturated carbocycles. The van der Waals surface area contributed by atoms with Gasteiger partial charge < -0.3 is 4.74 Å². The molecule has 178 valence electrons. The Morgan fingerprint density at radius 3 is 2.26 bits per heavy atom. The van der Waals surface area contributed by atoms with Crippen molar-refractivity contribution in [2.24, 2.45) is 5.84 Å². The first-order valence-corrected chi connectivity index (χ1v) is 11.9. The van der Waals surface area contributed by atoms with Crippen LogP contribution in [0.2, 0.25) is 0 Å². The van der Waals surface area contributed by atoms with Crippen molar-refractivity contribution >= 4 is 45.1 Å². The van der Waals surface area contributed by atoms with E-state index < -0.39 is 5.24 Å². The Bertz CT molecular complexity index is 1430. The van der Waals surface area contributed by atoms with Gasteiger partial charge in [0.1, 0.15) is 5.75 Å². The molecule has 4 aromatic carbocycles. The summed E-state index contributed by atoms with van der Waals surface area (Å²) in [5.41, 5.74) is 7.61. The summed E-state index contributed by atoms with van der Waals surface area (Å²) in [5.74, 6) is 5.58. The normalized spacial score (nSPS) is 12.7.